The summed E-state index contributed by atoms with van der Waals surface area (Å²) < 4.78 is 0. The molecule has 1 saturated heterocycles. The number of piperidine rings is 1. The number of carbonyl (C=O) groups excluding carboxylic acids is 2. The van der Waals surface area contributed by atoms with Crippen LogP contribution in [0.15, 0.2) is 46.5 Å². The summed E-state index contributed by atoms with van der Waals surface area (Å²) in [7, 11) is 0. The van der Waals surface area contributed by atoms with Crippen LogP contribution >= 0.6 is 11.8 Å². The van der Waals surface area contributed by atoms with E-state index in [1.165, 1.54) is 22.9 Å². The van der Waals surface area contributed by atoms with Gasteiger partial charge in [0.15, 0.2) is 0 Å². The lowest BCUT2D eigenvalue weighted by Crippen LogP contribution is -2.45. The molecule has 1 fully saturated rings. The number of pyridine rings is 1. The number of nitrogens with one attached hydrogen (secondary N) is 1. The average Bonchev–Trinajstić information content (AvgIpc) is 2.76. The highest BCUT2D eigenvalue weighted by atomic mass is 32.2. The molecule has 0 spiro atoms. The molecule has 1 unspecified atom stereocenters. The maximum Gasteiger partial charge on any atom is 0.256 e. The molecule has 0 bridgehead atoms. The number of amides is 2. The zero-order valence-electron chi connectivity index (χ0n) is 19.1. The van der Waals surface area contributed by atoms with Crippen LogP contribution in [0.3, 0.4) is 0 Å². The van der Waals surface area contributed by atoms with Gasteiger partial charge in [0, 0.05) is 36.1 Å². The van der Waals surface area contributed by atoms with Crippen molar-refractivity contribution >= 4 is 23.6 Å². The van der Waals surface area contributed by atoms with Crippen molar-refractivity contribution in [3.8, 4) is 0 Å². The number of likely N-dealkylation sites (tertiary alicyclic amines) is 1. The van der Waals surface area contributed by atoms with E-state index in [0.29, 0.717) is 37.4 Å². The number of nitrogens with zero attached hydrogens (tertiary/aromatic N) is 2. The predicted molar refractivity (Wildman–Crippen MR) is 125 cm³/mol. The Hall–Kier alpha value is -2.34. The van der Waals surface area contributed by atoms with Crippen molar-refractivity contribution in [1.29, 1.82) is 0 Å². The van der Waals surface area contributed by atoms with Crippen molar-refractivity contribution in [2.45, 2.75) is 63.4 Å². The van der Waals surface area contributed by atoms with Crippen LogP contribution in [0, 0.1) is 25.7 Å². The normalized spacial score (nSPS) is 15.7. The van der Waals surface area contributed by atoms with Gasteiger partial charge in [-0.3, -0.25) is 9.59 Å². The summed E-state index contributed by atoms with van der Waals surface area (Å²) in [6, 6.07) is 10.1. The van der Waals surface area contributed by atoms with Gasteiger partial charge in [0.05, 0.1) is 5.56 Å². The second-order valence-corrected chi connectivity index (χ2v) is 9.87. The lowest BCUT2D eigenvalue weighted by Gasteiger charge is -2.32. The molecule has 166 valence electrons. The Morgan fingerprint density at radius 2 is 1.81 bits per heavy atom. The van der Waals surface area contributed by atoms with Gasteiger partial charge >= 0.3 is 0 Å². The van der Waals surface area contributed by atoms with Crippen molar-refractivity contribution < 1.29 is 9.59 Å². The molecule has 6 heteroatoms. The number of aromatic nitrogens is 1. The molecule has 1 aromatic carbocycles. The molecule has 2 heterocycles. The molecule has 1 atom stereocenters. The topological polar surface area (TPSA) is 62.3 Å². The minimum absolute atomic E-state index is 0.00570. The predicted octanol–water partition coefficient (Wildman–Crippen LogP) is 4.86. The van der Waals surface area contributed by atoms with Crippen molar-refractivity contribution in [3.05, 3.63) is 53.2 Å². The first-order chi connectivity index (χ1) is 14.8. The molecule has 1 aliphatic rings. The van der Waals surface area contributed by atoms with Crippen LogP contribution < -0.4 is 5.32 Å². The summed E-state index contributed by atoms with van der Waals surface area (Å²) in [5, 5.41) is 3.84. The van der Waals surface area contributed by atoms with Crippen LogP contribution in [0.25, 0.3) is 0 Å². The molecule has 0 radical (unpaired) electrons. The second-order valence-electron chi connectivity index (χ2n) is 8.81. The second kappa shape index (κ2) is 10.3. The highest BCUT2D eigenvalue weighted by Gasteiger charge is 2.29. The first kappa shape index (κ1) is 23.3. The fourth-order valence-corrected chi connectivity index (χ4v) is 4.52. The van der Waals surface area contributed by atoms with Gasteiger partial charge in [0.2, 0.25) is 5.91 Å². The minimum Gasteiger partial charge on any atom is -0.353 e. The number of hydrogen-bond acceptors (Lipinski definition) is 4. The van der Waals surface area contributed by atoms with E-state index in [0.717, 1.165) is 9.92 Å². The van der Waals surface area contributed by atoms with E-state index >= 15 is 0 Å². The molecule has 31 heavy (non-hydrogen) atoms. The van der Waals surface area contributed by atoms with E-state index in [4.69, 9.17) is 0 Å². The molecule has 0 aliphatic carbocycles. The Bertz CT molecular complexity index is 936. The largest absolute Gasteiger partial charge is 0.353 e. The summed E-state index contributed by atoms with van der Waals surface area (Å²) in [4.78, 5) is 33.2. The Labute approximate surface area is 190 Å². The number of benzene rings is 1. The highest BCUT2D eigenvalue weighted by molar-refractivity contribution is 7.99. The molecule has 0 saturated carbocycles. The van der Waals surface area contributed by atoms with Crippen LogP contribution in [-0.4, -0.2) is 40.8 Å². The van der Waals surface area contributed by atoms with E-state index < -0.39 is 0 Å². The lowest BCUT2D eigenvalue weighted by molar-refractivity contribution is -0.127. The molecule has 1 aliphatic heterocycles. The van der Waals surface area contributed by atoms with Gasteiger partial charge in [-0.25, -0.2) is 4.98 Å². The number of carbonyl (C=O) groups is 2. The monoisotopic (exact) mass is 439 g/mol. The van der Waals surface area contributed by atoms with E-state index in [-0.39, 0.29) is 23.8 Å². The molecule has 2 aromatic rings. The number of aryl methyl sites for hydroxylation is 2. The van der Waals surface area contributed by atoms with Gasteiger partial charge in [-0.05, 0) is 74.9 Å². The molecule has 2 amide bonds. The maximum atomic E-state index is 13.2. The zero-order chi connectivity index (χ0) is 22.5. The van der Waals surface area contributed by atoms with Gasteiger partial charge in [0.1, 0.15) is 5.03 Å². The standard InChI is InChI=1S/C25H33N3O2S/c1-16(2)19(5)27-23(29)20-10-13-28(14-11-20)25(30)22-7-6-12-26-24(22)31-21-9-8-17(3)18(4)15-21/h6-9,12,15-16,19-20H,10-11,13-14H2,1-5H3,(H,27,29). The average molecular weight is 440 g/mol. The highest BCUT2D eigenvalue weighted by Crippen LogP contribution is 2.31. The SMILES string of the molecule is Cc1ccc(Sc2ncccc2C(=O)N2CCC(C(=O)NC(C)C(C)C)CC2)cc1C. The van der Waals surface area contributed by atoms with Crippen molar-refractivity contribution in [2.75, 3.05) is 13.1 Å². The fraction of sp³-hybridized carbons (Fsp3) is 0.480. The van der Waals surface area contributed by atoms with Crippen LogP contribution in [0.4, 0.5) is 0 Å². The van der Waals surface area contributed by atoms with Crippen molar-refractivity contribution in [1.82, 2.24) is 15.2 Å². The quantitative estimate of drug-likeness (QED) is 0.698. The van der Waals surface area contributed by atoms with Gasteiger partial charge in [-0.2, -0.15) is 0 Å². The lowest BCUT2D eigenvalue weighted by atomic mass is 9.94. The van der Waals surface area contributed by atoms with Crippen LogP contribution in [0.5, 0.6) is 0 Å². The Kier molecular flexibility index (Phi) is 7.76. The number of hydrogen-bond donors (Lipinski definition) is 1. The third-order valence-electron chi connectivity index (χ3n) is 6.22. The smallest absolute Gasteiger partial charge is 0.256 e. The molecule has 1 aromatic heterocycles. The Morgan fingerprint density at radius 1 is 1.10 bits per heavy atom. The van der Waals surface area contributed by atoms with Gasteiger partial charge < -0.3 is 10.2 Å². The molecule has 1 N–H and O–H groups in total. The van der Waals surface area contributed by atoms with Crippen LogP contribution in [0.2, 0.25) is 0 Å². The third kappa shape index (κ3) is 5.88. The van der Waals surface area contributed by atoms with Gasteiger partial charge in [-0.1, -0.05) is 31.7 Å². The molecular weight excluding hydrogens is 406 g/mol. The van der Waals surface area contributed by atoms with Gasteiger partial charge in [0.25, 0.3) is 5.91 Å². The van der Waals surface area contributed by atoms with E-state index in [1.54, 1.807) is 6.20 Å². The summed E-state index contributed by atoms with van der Waals surface area (Å²) in [5.74, 6) is 0.488. The first-order valence-corrected chi connectivity index (χ1v) is 11.9. The Balaban J connectivity index is 1.65. The molecular formula is C25H33N3O2S. The first-order valence-electron chi connectivity index (χ1n) is 11.1. The molecule has 3 rings (SSSR count). The summed E-state index contributed by atoms with van der Waals surface area (Å²) >= 11 is 1.52. The van der Waals surface area contributed by atoms with Crippen molar-refractivity contribution in [2.24, 2.45) is 11.8 Å². The van der Waals surface area contributed by atoms with E-state index in [2.05, 4.69) is 56.2 Å². The van der Waals surface area contributed by atoms with E-state index in [1.807, 2.05) is 24.0 Å². The minimum atomic E-state index is -0.0245. The zero-order valence-corrected chi connectivity index (χ0v) is 20.0. The summed E-state index contributed by atoms with van der Waals surface area (Å²) in [6.07, 6.45) is 3.12. The van der Waals surface area contributed by atoms with Gasteiger partial charge in [-0.15, -0.1) is 0 Å². The van der Waals surface area contributed by atoms with E-state index in [9.17, 15) is 9.59 Å². The fourth-order valence-electron chi connectivity index (χ4n) is 3.55. The summed E-state index contributed by atoms with van der Waals surface area (Å²) in [6.45, 7) is 11.6. The molecule has 5 nitrogen and oxygen atoms in total. The third-order valence-corrected chi connectivity index (χ3v) is 7.23. The maximum absolute atomic E-state index is 13.2. The van der Waals surface area contributed by atoms with Crippen LogP contribution in [-0.2, 0) is 4.79 Å². The number of rotatable bonds is 6. The Morgan fingerprint density at radius 3 is 2.45 bits per heavy atom. The van der Waals surface area contributed by atoms with Crippen molar-refractivity contribution in [3.63, 3.8) is 0 Å². The van der Waals surface area contributed by atoms with Crippen LogP contribution in [0.1, 0.15) is 55.1 Å². The summed E-state index contributed by atoms with van der Waals surface area (Å²) in [5.41, 5.74) is 3.10.